The van der Waals surface area contributed by atoms with E-state index >= 15 is 4.79 Å². The number of primary amides is 1. The number of carboxylic acids is 1. The van der Waals surface area contributed by atoms with Crippen molar-refractivity contribution < 1.29 is 77.3 Å². The number of hydrogen-bond donors (Lipinski definition) is 29. The van der Waals surface area contributed by atoms with Gasteiger partial charge in [0.05, 0.1) is 6.54 Å². The van der Waals surface area contributed by atoms with Crippen LogP contribution in [0, 0.1) is 0 Å². The minimum Gasteiger partial charge on any atom is -0.480 e. The van der Waals surface area contributed by atoms with Crippen LogP contribution < -0.4 is 151 Å². The first-order chi connectivity index (χ1) is 57.3. The third-order valence-corrected chi connectivity index (χ3v) is 19.2. The number of aliphatic hydroxyl groups excluding tert-OH is 1. The summed E-state index contributed by atoms with van der Waals surface area (Å²) in [6, 6.07) is -17.5. The Bertz CT molecular complexity index is 3540. The average Bonchev–Trinajstić information content (AvgIpc) is 1.67. The minimum atomic E-state index is -1.78. The van der Waals surface area contributed by atoms with Crippen molar-refractivity contribution in [2.75, 3.05) is 72.0 Å². The summed E-state index contributed by atoms with van der Waals surface area (Å²) in [5, 5.41) is 45.5. The molecule has 51 heteroatoms. The molecule has 0 aromatic rings. The predicted molar refractivity (Wildman–Crippen MR) is 449 cm³/mol. The molecule has 121 heavy (non-hydrogen) atoms. The molecule has 0 bridgehead atoms. The number of nitrogens with two attached hydrogens (primary N) is 17. The van der Waals surface area contributed by atoms with Gasteiger partial charge in [-0.05, 0) is 174 Å². The van der Waals surface area contributed by atoms with Crippen LogP contribution in [0.5, 0.6) is 0 Å². The molecule has 2 heterocycles. The second-order valence-electron chi connectivity index (χ2n) is 29.0. The highest BCUT2D eigenvalue weighted by Crippen LogP contribution is 2.27. The van der Waals surface area contributed by atoms with E-state index in [-0.39, 0.29) is 223 Å². The van der Waals surface area contributed by atoms with E-state index in [1.54, 1.807) is 0 Å². The maximum Gasteiger partial charge on any atom is 0.326 e. The van der Waals surface area contributed by atoms with Crippen molar-refractivity contribution in [2.24, 2.45) is 127 Å². The molecule has 0 aliphatic carbocycles. The standard InChI is InChI=1S/C70H133N35O16/c71-27-3-1-13-39(95-53(109)38(94-52(108)37-73)15-5-29-88-65(76)77)54(110)96-40(14-2-4-28-72)55(111)97-41(16-6-30-89-66(78)79)56(112)98-43(18-8-32-91-68(82)83)58(114)101-45(23-25-50(74)106)60(116)100-42(17-7-31-90-67(80)81)57(113)99-44(19-9-33-92-69(84)85)59(115)102-46(20-10-34-93-70(86)87)62(118)105-36-12-22-49(105)63(119)104-35-11-21-48(104)61(117)103-47(64(120)121)24-26-51(75)107/h38-49,51,107H,1-37,71-73,75H2,(H2,74,106)(H,94,108)(H,95,109)(H,96,110)(H,97,111)(H,98,112)(H,99,113)(H,100,116)(H,101,114)(H,102,115)(H,103,117)(H,120,121)(H4,76,77,88)(H4,78,79,89)(H4,80,81,90)(H4,82,83,91)(H4,84,85,92)(H4,86,87,93)/t38-,39-,40-,41-,42-,43-,44-,45-,46-,47-,48-,49-,51?/m0/s1. The van der Waals surface area contributed by atoms with Crippen LogP contribution in [0.1, 0.15) is 167 Å². The van der Waals surface area contributed by atoms with Gasteiger partial charge in [0.25, 0.3) is 0 Å². The highest BCUT2D eigenvalue weighted by atomic mass is 16.4. The predicted octanol–water partition coefficient (Wildman–Crippen LogP) is -13.2. The number of nitrogens with zero attached hydrogens (tertiary/aromatic N) is 8. The second kappa shape index (κ2) is 58.0. The Hall–Kier alpha value is -12.0. The van der Waals surface area contributed by atoms with Crippen LogP contribution in [0.15, 0.2) is 30.0 Å². The van der Waals surface area contributed by atoms with Gasteiger partial charge in [0, 0.05) is 58.8 Å². The van der Waals surface area contributed by atoms with Crippen molar-refractivity contribution in [3.63, 3.8) is 0 Å². The van der Waals surface area contributed by atoms with Gasteiger partial charge in [-0.3, -0.25) is 92.3 Å². The number of carboxylic acid groups (broad SMARTS) is 1. The van der Waals surface area contributed by atoms with Crippen molar-refractivity contribution in [1.82, 2.24) is 63.0 Å². The van der Waals surface area contributed by atoms with Gasteiger partial charge in [0.15, 0.2) is 35.8 Å². The molecule has 51 nitrogen and oxygen atoms in total. The molecule has 1 unspecified atom stereocenters. The molecule has 0 spiro atoms. The Morgan fingerprint density at radius 1 is 0.331 bits per heavy atom. The third kappa shape index (κ3) is 43.0. The molecule has 46 N–H and O–H groups in total. The fourth-order valence-corrected chi connectivity index (χ4v) is 13.0. The summed E-state index contributed by atoms with van der Waals surface area (Å²) >= 11 is 0. The number of amides is 13. The summed E-state index contributed by atoms with van der Waals surface area (Å²) in [5.74, 6) is -14.8. The Kier molecular flexibility index (Phi) is 50.4. The molecule has 2 saturated heterocycles. The molecule has 0 aromatic heterocycles. The number of rotatable bonds is 61. The number of guanidine groups is 6. The Morgan fingerprint density at radius 2 is 0.612 bits per heavy atom. The fourth-order valence-electron chi connectivity index (χ4n) is 13.0. The molecule has 0 saturated carbocycles. The highest BCUT2D eigenvalue weighted by Gasteiger charge is 2.45. The van der Waals surface area contributed by atoms with Crippen LogP contribution in [-0.2, 0) is 67.1 Å². The van der Waals surface area contributed by atoms with Crippen molar-refractivity contribution in [1.29, 1.82) is 0 Å². The normalized spacial score (nSPS) is 16.2. The van der Waals surface area contributed by atoms with Crippen LogP contribution in [0.3, 0.4) is 0 Å². The zero-order chi connectivity index (χ0) is 90.7. The summed E-state index contributed by atoms with van der Waals surface area (Å²) in [6.07, 6.45) is -1.76. The summed E-state index contributed by atoms with van der Waals surface area (Å²) in [5.41, 5.74) is 95.5. The first-order valence-corrected chi connectivity index (χ1v) is 40.4. The number of nitrogens with one attached hydrogen (secondary N) is 10. The maximum absolute atomic E-state index is 15.0. The zero-order valence-electron chi connectivity index (χ0n) is 68.7. The van der Waals surface area contributed by atoms with Gasteiger partial charge < -0.3 is 171 Å². The smallest absolute Gasteiger partial charge is 0.326 e. The Balaban J connectivity index is 2.76. The van der Waals surface area contributed by atoms with Crippen LogP contribution >= 0.6 is 0 Å². The maximum atomic E-state index is 15.0. The molecule has 13 amide bonds. The van der Waals surface area contributed by atoms with Gasteiger partial charge in [-0.25, -0.2) is 4.79 Å². The van der Waals surface area contributed by atoms with Gasteiger partial charge in [-0.1, -0.05) is 0 Å². The molecule has 0 radical (unpaired) electrons. The molecule has 684 valence electrons. The fraction of sp³-hybridized carbons (Fsp3) is 0.714. The van der Waals surface area contributed by atoms with E-state index in [1.807, 2.05) is 0 Å². The van der Waals surface area contributed by atoms with Crippen LogP contribution in [0.25, 0.3) is 0 Å². The number of unbranched alkanes of at least 4 members (excludes halogenated alkanes) is 2. The van der Waals surface area contributed by atoms with Gasteiger partial charge in [0.1, 0.15) is 78.7 Å². The number of aliphatic hydroxyl groups is 1. The van der Waals surface area contributed by atoms with Crippen LogP contribution in [0.4, 0.5) is 0 Å². The molecule has 2 aliphatic rings. The Morgan fingerprint density at radius 3 is 0.901 bits per heavy atom. The van der Waals surface area contributed by atoms with E-state index in [1.165, 1.54) is 9.80 Å². The lowest BCUT2D eigenvalue weighted by Crippen LogP contribution is -2.61. The lowest BCUT2D eigenvalue weighted by molar-refractivity contribution is -0.149. The number of carbonyl (C=O) groups excluding carboxylic acids is 13. The van der Waals surface area contributed by atoms with Gasteiger partial charge in [-0.2, -0.15) is 0 Å². The number of aliphatic carboxylic acids is 1. The van der Waals surface area contributed by atoms with Gasteiger partial charge >= 0.3 is 5.97 Å². The lowest BCUT2D eigenvalue weighted by atomic mass is 10.0. The number of hydrogen-bond acceptors (Lipinski definition) is 25. The SMILES string of the molecule is NCCCC[C@H](NC(=O)[C@H](CCCN=C(N)N)NC(=O)CN)C(=O)N[C@@H](CCCCN)C(=O)N[C@@H](CCCN=C(N)N)C(=O)N[C@@H](CCCN=C(N)N)C(=O)N[C@@H](CCC(N)=O)C(=O)N[C@@H](CCCN=C(N)N)C(=O)N[C@@H](CCCN=C(N)N)C(=O)N[C@@H](CCCN=C(N)N)C(=O)N1CCC[C@H]1C(=O)N1CCC[C@H]1C(=O)N[C@@H](CCC(N)O)C(=O)O. The second-order valence-corrected chi connectivity index (χ2v) is 29.0. The number of carbonyl (C=O) groups is 14. The first-order valence-electron chi connectivity index (χ1n) is 40.4. The number of likely N-dealkylation sites (tertiary alicyclic amines) is 2. The van der Waals surface area contributed by atoms with E-state index < -0.39 is 181 Å². The monoisotopic (exact) mass is 1720 g/mol. The quantitative estimate of drug-likeness (QED) is 0.0116. The molecular weight excluding hydrogens is 1590 g/mol. The summed E-state index contributed by atoms with van der Waals surface area (Å²) in [6.45, 7) is -0.421. The third-order valence-electron chi connectivity index (χ3n) is 19.2. The molecular formula is C70H133N35O16. The first kappa shape index (κ1) is 105. The molecule has 13 atom stereocenters. The summed E-state index contributed by atoms with van der Waals surface area (Å²) < 4.78 is 0. The van der Waals surface area contributed by atoms with E-state index in [4.69, 9.17) is 97.5 Å². The van der Waals surface area contributed by atoms with Crippen molar-refractivity contribution >= 4 is 119 Å². The Labute approximate surface area is 701 Å². The van der Waals surface area contributed by atoms with E-state index in [9.17, 15) is 72.5 Å². The average molecular weight is 1720 g/mol. The van der Waals surface area contributed by atoms with Crippen LogP contribution in [-0.4, -0.2) is 289 Å². The zero-order valence-corrected chi connectivity index (χ0v) is 68.7. The molecule has 0 aromatic carbocycles. The summed E-state index contributed by atoms with van der Waals surface area (Å²) in [7, 11) is 0. The van der Waals surface area contributed by atoms with Gasteiger partial charge in [0.2, 0.25) is 76.8 Å². The van der Waals surface area contributed by atoms with Gasteiger partial charge in [-0.15, -0.1) is 0 Å². The van der Waals surface area contributed by atoms with Crippen LogP contribution in [0.2, 0.25) is 0 Å². The summed E-state index contributed by atoms with van der Waals surface area (Å²) in [4.78, 5) is 225. The lowest BCUT2D eigenvalue weighted by Gasteiger charge is -2.33. The van der Waals surface area contributed by atoms with Crippen molar-refractivity contribution in [2.45, 2.75) is 246 Å². The molecule has 2 aliphatic heterocycles. The highest BCUT2D eigenvalue weighted by molar-refractivity contribution is 6.00. The number of aliphatic imine (C=N–C) groups is 6. The minimum absolute atomic E-state index is 0.00128. The van der Waals surface area contributed by atoms with E-state index in [0.29, 0.717) is 32.1 Å². The van der Waals surface area contributed by atoms with Crippen molar-refractivity contribution in [3.05, 3.63) is 0 Å². The largest absolute Gasteiger partial charge is 0.480 e. The molecule has 2 fully saturated rings. The van der Waals surface area contributed by atoms with E-state index in [0.717, 1.165) is 0 Å². The van der Waals surface area contributed by atoms with Crippen molar-refractivity contribution in [3.8, 4) is 0 Å². The van der Waals surface area contributed by atoms with E-state index in [2.05, 4.69) is 83.1 Å². The molecule has 2 rings (SSSR count). The topological polar surface area (TPSA) is 923 Å².